The maximum absolute atomic E-state index is 14.0. The Morgan fingerprint density at radius 1 is 0.920 bits per heavy atom. The van der Waals surface area contributed by atoms with E-state index in [4.69, 9.17) is 4.74 Å². The van der Waals surface area contributed by atoms with Crippen LogP contribution in [0.4, 0.5) is 4.79 Å². The highest BCUT2D eigenvalue weighted by molar-refractivity contribution is 6.38. The average molecular weight is 705 g/mol. The minimum atomic E-state index is -1.11. The molecule has 1 saturated heterocycles. The van der Waals surface area contributed by atoms with Crippen LogP contribution in [0.1, 0.15) is 118 Å². The van der Waals surface area contributed by atoms with Crippen molar-refractivity contribution < 1.29 is 29.0 Å². The fourth-order valence-corrected chi connectivity index (χ4v) is 7.97. The summed E-state index contributed by atoms with van der Waals surface area (Å²) in [6.07, 6.45) is 13.2. The Morgan fingerprint density at radius 3 is 2.18 bits per heavy atom. The van der Waals surface area contributed by atoms with E-state index in [0.717, 1.165) is 70.8 Å². The van der Waals surface area contributed by atoms with Crippen LogP contribution >= 0.6 is 0 Å². The molecule has 2 aliphatic carbocycles. The minimum Gasteiger partial charge on any atom is -0.376 e. The number of urea groups is 1. The lowest BCUT2D eigenvalue weighted by Crippen LogP contribution is -2.61. The van der Waals surface area contributed by atoms with Crippen molar-refractivity contribution in [1.29, 1.82) is 0 Å². The number of amides is 4. The molecule has 286 valence electrons. The number of carbonyl (C=O) groups is 4. The lowest BCUT2D eigenvalue weighted by Gasteiger charge is -2.40. The van der Waals surface area contributed by atoms with Crippen LogP contribution in [-0.4, -0.2) is 97.0 Å². The molecule has 3 fully saturated rings. The summed E-state index contributed by atoms with van der Waals surface area (Å²) in [5.41, 5.74) is 0. The number of ketones is 1. The number of nitrogens with zero attached hydrogens (tertiary/aromatic N) is 1. The first-order valence-electron chi connectivity index (χ1n) is 19.6. The highest BCUT2D eigenvalue weighted by Crippen LogP contribution is 2.35. The first-order chi connectivity index (χ1) is 24.1. The van der Waals surface area contributed by atoms with Crippen LogP contribution in [0.15, 0.2) is 12.7 Å². The smallest absolute Gasteiger partial charge is 0.315 e. The van der Waals surface area contributed by atoms with E-state index in [1.807, 2.05) is 18.7 Å². The van der Waals surface area contributed by atoms with E-state index in [0.29, 0.717) is 45.1 Å². The van der Waals surface area contributed by atoms with Gasteiger partial charge in [0.1, 0.15) is 6.23 Å². The Labute approximate surface area is 301 Å². The standard InChI is InChI=1S/C38H68N6O6/c1-6-9-20-30(34(45)36(47)40-21-7-2)41-35(46)32-22-29(26(4)5)23-44(32)37(48)33(28-18-14-11-15-19-28)43-38(49)42-31(24-50-25-39-8-3)27-16-12-10-13-17-27/h7,26-33,37,39,48H,2,6,8-25H2,1,3-5H3,(H,40,47)(H,41,46)(H2,42,43,49)/t29-,30?,31-,32?,33?,37?/m1/s1. The number of hydrogen-bond acceptors (Lipinski definition) is 8. The van der Waals surface area contributed by atoms with Gasteiger partial charge in [-0.3, -0.25) is 24.6 Å². The molecule has 1 aliphatic heterocycles. The Bertz CT molecular complexity index is 1060. The zero-order valence-electron chi connectivity index (χ0n) is 31.4. The first kappa shape index (κ1) is 41.9. The molecule has 0 aromatic heterocycles. The molecule has 0 bridgehead atoms. The van der Waals surface area contributed by atoms with Gasteiger partial charge in [0.15, 0.2) is 0 Å². The molecule has 50 heavy (non-hydrogen) atoms. The summed E-state index contributed by atoms with van der Waals surface area (Å²) in [7, 11) is 0. The first-order valence-corrected chi connectivity index (χ1v) is 19.6. The van der Waals surface area contributed by atoms with E-state index >= 15 is 0 Å². The lowest BCUT2D eigenvalue weighted by molar-refractivity contribution is -0.141. The summed E-state index contributed by atoms with van der Waals surface area (Å²) in [6.45, 7) is 14.1. The Balaban J connectivity index is 1.81. The van der Waals surface area contributed by atoms with E-state index < -0.39 is 36.0 Å². The van der Waals surface area contributed by atoms with Crippen molar-refractivity contribution in [1.82, 2.24) is 31.5 Å². The second kappa shape index (κ2) is 22.4. The number of likely N-dealkylation sites (tertiary alicyclic amines) is 1. The predicted molar refractivity (Wildman–Crippen MR) is 196 cm³/mol. The van der Waals surface area contributed by atoms with Crippen LogP contribution in [0.5, 0.6) is 0 Å². The highest BCUT2D eigenvalue weighted by Gasteiger charge is 2.46. The van der Waals surface area contributed by atoms with Gasteiger partial charge in [-0.1, -0.05) is 85.1 Å². The van der Waals surface area contributed by atoms with Crippen molar-refractivity contribution in [3.05, 3.63) is 12.7 Å². The zero-order valence-corrected chi connectivity index (χ0v) is 31.4. The fourth-order valence-electron chi connectivity index (χ4n) is 7.97. The summed E-state index contributed by atoms with van der Waals surface area (Å²) < 4.78 is 5.91. The van der Waals surface area contributed by atoms with Crippen LogP contribution in [0.25, 0.3) is 0 Å². The van der Waals surface area contributed by atoms with Crippen molar-refractivity contribution in [3.63, 3.8) is 0 Å². The molecule has 3 rings (SSSR count). The molecule has 3 aliphatic rings. The quantitative estimate of drug-likeness (QED) is 0.0453. The Morgan fingerprint density at radius 2 is 1.58 bits per heavy atom. The molecular weight excluding hydrogens is 636 g/mol. The second-order valence-corrected chi connectivity index (χ2v) is 15.1. The number of carbonyl (C=O) groups excluding carboxylic acids is 4. The van der Waals surface area contributed by atoms with E-state index in [1.165, 1.54) is 12.5 Å². The fraction of sp³-hybridized carbons (Fsp3) is 0.842. The third-order valence-corrected chi connectivity index (χ3v) is 11.1. The molecular formula is C38H68N6O6. The maximum Gasteiger partial charge on any atom is 0.315 e. The largest absolute Gasteiger partial charge is 0.376 e. The van der Waals surface area contributed by atoms with Crippen LogP contribution in [0.2, 0.25) is 0 Å². The third kappa shape index (κ3) is 12.9. The summed E-state index contributed by atoms with van der Waals surface area (Å²) in [5, 5.41) is 27.3. The molecule has 12 heteroatoms. The van der Waals surface area contributed by atoms with Crippen LogP contribution in [0.3, 0.4) is 0 Å². The van der Waals surface area contributed by atoms with E-state index in [-0.39, 0.29) is 42.3 Å². The summed E-state index contributed by atoms with van der Waals surface area (Å²) >= 11 is 0. The van der Waals surface area contributed by atoms with Crippen molar-refractivity contribution in [2.75, 3.05) is 33.0 Å². The van der Waals surface area contributed by atoms with Gasteiger partial charge in [0, 0.05) is 13.1 Å². The molecule has 0 spiro atoms. The SMILES string of the molecule is C=CCNC(=O)C(=O)C(CCCC)NC(=O)C1C[C@@H](C(C)C)CN1C(O)C(NC(=O)N[C@H](COCNCC)C1CCCCC1)C1CCCCC1. The molecule has 2 saturated carbocycles. The molecule has 12 nitrogen and oxygen atoms in total. The highest BCUT2D eigenvalue weighted by atomic mass is 16.5. The van der Waals surface area contributed by atoms with Crippen molar-refractivity contribution in [3.8, 4) is 0 Å². The maximum atomic E-state index is 14.0. The molecule has 4 unspecified atom stereocenters. The van der Waals surface area contributed by atoms with Crippen molar-refractivity contribution >= 4 is 23.6 Å². The number of rotatable bonds is 21. The van der Waals surface area contributed by atoms with E-state index in [9.17, 15) is 24.3 Å². The molecule has 0 aromatic rings. The topological polar surface area (TPSA) is 161 Å². The van der Waals surface area contributed by atoms with Crippen molar-refractivity contribution in [2.24, 2.45) is 23.7 Å². The number of nitrogens with one attached hydrogen (secondary N) is 5. The minimum absolute atomic E-state index is 0.0527. The molecule has 6 N–H and O–H groups in total. The monoisotopic (exact) mass is 705 g/mol. The molecule has 0 radical (unpaired) electrons. The van der Waals surface area contributed by atoms with Gasteiger partial charge in [-0.25, -0.2) is 4.79 Å². The predicted octanol–water partition coefficient (Wildman–Crippen LogP) is 3.98. The van der Waals surface area contributed by atoms with Gasteiger partial charge in [0.05, 0.1) is 37.5 Å². The Hall–Kier alpha value is -2.54. The summed E-state index contributed by atoms with van der Waals surface area (Å²) in [5.74, 6) is -1.04. The van der Waals surface area contributed by atoms with Gasteiger partial charge >= 0.3 is 6.03 Å². The van der Waals surface area contributed by atoms with Crippen LogP contribution in [-0.2, 0) is 19.1 Å². The number of unbranched alkanes of at least 4 members (excludes halogenated alkanes) is 1. The number of hydrogen-bond donors (Lipinski definition) is 6. The van der Waals surface area contributed by atoms with Crippen LogP contribution < -0.4 is 26.6 Å². The van der Waals surface area contributed by atoms with Gasteiger partial charge < -0.3 is 31.1 Å². The van der Waals surface area contributed by atoms with Gasteiger partial charge in [-0.05, 0) is 68.7 Å². The molecule has 4 amide bonds. The van der Waals surface area contributed by atoms with Crippen LogP contribution in [0, 0.1) is 23.7 Å². The summed E-state index contributed by atoms with van der Waals surface area (Å²) in [4.78, 5) is 55.4. The van der Waals surface area contributed by atoms with Gasteiger partial charge in [-0.15, -0.1) is 6.58 Å². The molecule has 0 aromatic carbocycles. The number of aliphatic hydroxyl groups excluding tert-OH is 1. The third-order valence-electron chi connectivity index (χ3n) is 11.1. The van der Waals surface area contributed by atoms with E-state index in [1.54, 1.807) is 0 Å². The number of aliphatic hydroxyl groups is 1. The zero-order chi connectivity index (χ0) is 36.5. The Kier molecular flexibility index (Phi) is 18.8. The molecule has 1 heterocycles. The average Bonchev–Trinajstić information content (AvgIpc) is 3.59. The molecule has 6 atom stereocenters. The van der Waals surface area contributed by atoms with E-state index in [2.05, 4.69) is 47.0 Å². The van der Waals surface area contributed by atoms with Gasteiger partial charge in [0.25, 0.3) is 5.91 Å². The number of Topliss-reactive ketones (excluding diaryl/α,β-unsaturated/α-hetero) is 1. The second-order valence-electron chi connectivity index (χ2n) is 15.1. The summed E-state index contributed by atoms with van der Waals surface area (Å²) in [6, 6.07) is -2.73. The lowest BCUT2D eigenvalue weighted by atomic mass is 9.82. The van der Waals surface area contributed by atoms with Crippen molar-refractivity contribution in [2.45, 2.75) is 148 Å². The van der Waals surface area contributed by atoms with Gasteiger partial charge in [0.2, 0.25) is 11.7 Å². The normalized spacial score (nSPS) is 23.1. The number of ether oxygens (including phenoxy) is 1. The van der Waals surface area contributed by atoms with Gasteiger partial charge in [-0.2, -0.15) is 0 Å².